The van der Waals surface area contributed by atoms with Gasteiger partial charge in [0.25, 0.3) is 0 Å². The van der Waals surface area contributed by atoms with Crippen molar-refractivity contribution in [1.29, 1.82) is 0 Å². The number of piperidine rings is 1. The van der Waals surface area contributed by atoms with Gasteiger partial charge in [-0.15, -0.1) is 0 Å². The second-order valence-electron chi connectivity index (χ2n) is 8.92. The molecule has 0 aliphatic carbocycles. The molecule has 0 spiro atoms. The molecule has 3 nitrogen and oxygen atoms in total. The van der Waals surface area contributed by atoms with Gasteiger partial charge < -0.3 is 14.7 Å². The van der Waals surface area contributed by atoms with E-state index in [-0.39, 0.29) is 11.8 Å². The van der Waals surface area contributed by atoms with Gasteiger partial charge in [0.15, 0.2) is 0 Å². The van der Waals surface area contributed by atoms with Crippen LogP contribution in [0.2, 0.25) is 0 Å². The monoisotopic (exact) mass is 413 g/mol. The molecule has 2 aliphatic heterocycles. The lowest BCUT2D eigenvalue weighted by Gasteiger charge is -2.34. The Balaban J connectivity index is 1.42. The number of likely N-dealkylation sites (tertiary alicyclic amines) is 1. The lowest BCUT2D eigenvalue weighted by molar-refractivity contribution is 0.231. The van der Waals surface area contributed by atoms with Crippen molar-refractivity contribution in [3.63, 3.8) is 0 Å². The summed E-state index contributed by atoms with van der Waals surface area (Å²) < 4.78 is 6.11. The zero-order chi connectivity index (χ0) is 21.0. The van der Waals surface area contributed by atoms with Crippen molar-refractivity contribution in [2.75, 3.05) is 26.2 Å². The highest BCUT2D eigenvalue weighted by Gasteiger charge is 2.33. The van der Waals surface area contributed by atoms with Crippen LogP contribution in [-0.2, 0) is 6.42 Å². The van der Waals surface area contributed by atoms with Crippen LogP contribution in [0, 0.1) is 0 Å². The van der Waals surface area contributed by atoms with Crippen LogP contribution in [-0.4, -0.2) is 36.2 Å². The predicted octanol–water partition coefficient (Wildman–Crippen LogP) is 5.73. The molecule has 0 bridgehead atoms. The molecule has 5 rings (SSSR count). The number of phenols is 1. The van der Waals surface area contributed by atoms with Gasteiger partial charge in [0.1, 0.15) is 11.5 Å². The van der Waals surface area contributed by atoms with E-state index in [9.17, 15) is 5.11 Å². The molecule has 2 heterocycles. The summed E-state index contributed by atoms with van der Waals surface area (Å²) >= 11 is 0. The molecule has 3 heteroatoms. The molecule has 1 fully saturated rings. The maximum Gasteiger partial charge on any atom is 0.123 e. The van der Waals surface area contributed by atoms with Gasteiger partial charge in [-0.2, -0.15) is 0 Å². The van der Waals surface area contributed by atoms with Crippen LogP contribution in [0.25, 0.3) is 0 Å². The summed E-state index contributed by atoms with van der Waals surface area (Å²) in [5.74, 6) is 1.55. The van der Waals surface area contributed by atoms with Gasteiger partial charge in [0.05, 0.1) is 6.61 Å². The minimum Gasteiger partial charge on any atom is -0.508 e. The molecule has 3 aromatic rings. The second kappa shape index (κ2) is 9.15. The summed E-state index contributed by atoms with van der Waals surface area (Å²) in [7, 11) is 0. The average molecular weight is 414 g/mol. The predicted molar refractivity (Wildman–Crippen MR) is 125 cm³/mol. The maximum atomic E-state index is 10.2. The maximum absolute atomic E-state index is 10.2. The Morgan fingerprint density at radius 3 is 2.39 bits per heavy atom. The third-order valence-electron chi connectivity index (χ3n) is 6.88. The molecule has 3 aromatic carbocycles. The van der Waals surface area contributed by atoms with Gasteiger partial charge in [-0.05, 0) is 67.2 Å². The highest BCUT2D eigenvalue weighted by molar-refractivity contribution is 5.50. The van der Waals surface area contributed by atoms with Crippen LogP contribution < -0.4 is 4.74 Å². The molecular formula is C28H31NO2. The lowest BCUT2D eigenvalue weighted by atomic mass is 9.75. The van der Waals surface area contributed by atoms with Crippen molar-refractivity contribution in [2.45, 2.75) is 37.5 Å². The highest BCUT2D eigenvalue weighted by Crippen LogP contribution is 2.46. The lowest BCUT2D eigenvalue weighted by Crippen LogP contribution is -2.31. The minimum atomic E-state index is 0.161. The molecular weight excluding hydrogens is 382 g/mol. The van der Waals surface area contributed by atoms with E-state index in [1.54, 1.807) is 6.07 Å². The number of aromatic hydroxyl groups is 1. The van der Waals surface area contributed by atoms with Crippen molar-refractivity contribution in [3.05, 3.63) is 95.1 Å². The van der Waals surface area contributed by atoms with Gasteiger partial charge in [-0.3, -0.25) is 0 Å². The summed E-state index contributed by atoms with van der Waals surface area (Å²) in [6, 6.07) is 25.2. The number of rotatable bonds is 5. The van der Waals surface area contributed by atoms with Gasteiger partial charge in [0, 0.05) is 23.9 Å². The number of hydrogen-bond donors (Lipinski definition) is 1. The van der Waals surface area contributed by atoms with E-state index in [1.165, 1.54) is 49.0 Å². The quantitative estimate of drug-likeness (QED) is 0.580. The molecule has 2 aliphatic rings. The van der Waals surface area contributed by atoms with E-state index in [1.807, 2.05) is 12.1 Å². The number of benzene rings is 3. The summed E-state index contributed by atoms with van der Waals surface area (Å²) in [4.78, 5) is 2.60. The fourth-order valence-corrected chi connectivity index (χ4v) is 5.17. The molecule has 160 valence electrons. The molecule has 31 heavy (non-hydrogen) atoms. The van der Waals surface area contributed by atoms with Crippen molar-refractivity contribution in [1.82, 2.24) is 4.90 Å². The van der Waals surface area contributed by atoms with Crippen molar-refractivity contribution >= 4 is 0 Å². The van der Waals surface area contributed by atoms with E-state index in [0.717, 1.165) is 24.3 Å². The number of hydrogen-bond acceptors (Lipinski definition) is 3. The molecule has 1 N–H and O–H groups in total. The third-order valence-corrected chi connectivity index (χ3v) is 6.88. The third kappa shape index (κ3) is 4.47. The van der Waals surface area contributed by atoms with Crippen molar-refractivity contribution in [2.24, 2.45) is 0 Å². The average Bonchev–Trinajstić information content (AvgIpc) is 2.83. The van der Waals surface area contributed by atoms with E-state index in [4.69, 9.17) is 4.74 Å². The fraction of sp³-hybridized carbons (Fsp3) is 0.357. The number of nitrogens with zero attached hydrogens (tertiary/aromatic N) is 1. The zero-order valence-corrected chi connectivity index (χ0v) is 18.0. The summed E-state index contributed by atoms with van der Waals surface area (Å²) in [5, 5.41) is 10.2. The Kier molecular flexibility index (Phi) is 5.95. The van der Waals surface area contributed by atoms with Crippen LogP contribution in [0.3, 0.4) is 0 Å². The normalized spacial score (nSPS) is 21.3. The Bertz CT molecular complexity index is 993. The number of ether oxygens (including phenoxy) is 1. The van der Waals surface area contributed by atoms with Crippen LogP contribution in [0.1, 0.15) is 53.4 Å². The molecule has 0 saturated carbocycles. The van der Waals surface area contributed by atoms with Gasteiger partial charge in [-0.25, -0.2) is 0 Å². The van der Waals surface area contributed by atoms with E-state index >= 15 is 0 Å². The number of phenolic OH excluding ortho intramolecular Hbond substituents is 1. The van der Waals surface area contributed by atoms with Crippen LogP contribution >= 0.6 is 0 Å². The summed E-state index contributed by atoms with van der Waals surface area (Å²) in [5.41, 5.74) is 5.02. The molecule has 0 amide bonds. The largest absolute Gasteiger partial charge is 0.508 e. The first-order valence-electron chi connectivity index (χ1n) is 11.6. The first kappa shape index (κ1) is 20.1. The Hall–Kier alpha value is -2.78. The minimum absolute atomic E-state index is 0.161. The van der Waals surface area contributed by atoms with Gasteiger partial charge in [-0.1, -0.05) is 61.0 Å². The first-order valence-corrected chi connectivity index (χ1v) is 11.6. The second-order valence-corrected chi connectivity index (χ2v) is 8.92. The Morgan fingerprint density at radius 1 is 0.839 bits per heavy atom. The smallest absolute Gasteiger partial charge is 0.123 e. The van der Waals surface area contributed by atoms with Crippen LogP contribution in [0.15, 0.2) is 72.8 Å². The van der Waals surface area contributed by atoms with E-state index in [2.05, 4.69) is 59.5 Å². The Labute approximate surface area is 185 Å². The van der Waals surface area contributed by atoms with Crippen LogP contribution in [0.4, 0.5) is 0 Å². The molecule has 2 atom stereocenters. The summed E-state index contributed by atoms with van der Waals surface area (Å²) in [6.45, 7) is 4.29. The SMILES string of the molecule is Oc1ccc2c(c1)[C@@H](c1ccc(CCN3CCCCC3)cc1)[C@@H](c1ccccc1)CO2. The van der Waals surface area contributed by atoms with Crippen LogP contribution in [0.5, 0.6) is 11.5 Å². The number of fused-ring (bicyclic) bond motifs is 1. The van der Waals surface area contributed by atoms with Crippen molar-refractivity contribution in [3.8, 4) is 11.5 Å². The van der Waals surface area contributed by atoms with Crippen molar-refractivity contribution < 1.29 is 9.84 Å². The summed E-state index contributed by atoms with van der Waals surface area (Å²) in [6.07, 6.45) is 5.18. The molecule has 0 unspecified atom stereocenters. The topological polar surface area (TPSA) is 32.7 Å². The molecule has 1 saturated heterocycles. The molecule has 0 radical (unpaired) electrons. The van der Waals surface area contributed by atoms with Gasteiger partial charge in [0.2, 0.25) is 0 Å². The first-order chi connectivity index (χ1) is 15.3. The fourth-order valence-electron chi connectivity index (χ4n) is 5.17. The molecule has 0 aromatic heterocycles. The van der Waals surface area contributed by atoms with Gasteiger partial charge >= 0.3 is 0 Å². The van der Waals surface area contributed by atoms with E-state index < -0.39 is 0 Å². The zero-order valence-electron chi connectivity index (χ0n) is 18.0. The highest BCUT2D eigenvalue weighted by atomic mass is 16.5. The van der Waals surface area contributed by atoms with E-state index in [0.29, 0.717) is 12.4 Å². The standard InChI is InChI=1S/C28H31NO2/c30-24-13-14-27-25(19-24)28(26(20-31-27)22-7-3-1-4-8-22)23-11-9-21(10-12-23)15-18-29-16-5-2-6-17-29/h1,3-4,7-14,19,26,28,30H,2,5-6,15-18,20H2/t26-,28-/m1/s1. The Morgan fingerprint density at radius 2 is 1.61 bits per heavy atom.